The summed E-state index contributed by atoms with van der Waals surface area (Å²) in [6.45, 7) is 1.65. The van der Waals surface area contributed by atoms with E-state index in [0.717, 1.165) is 0 Å². The predicted molar refractivity (Wildman–Crippen MR) is 43.7 cm³/mol. The molecule has 0 aromatic heterocycles. The summed E-state index contributed by atoms with van der Waals surface area (Å²) in [5.41, 5.74) is 0. The van der Waals surface area contributed by atoms with Gasteiger partial charge in [0.25, 0.3) is 0 Å². The van der Waals surface area contributed by atoms with E-state index in [1.807, 2.05) is 0 Å². The molecule has 0 fully saturated rings. The van der Waals surface area contributed by atoms with Crippen LogP contribution in [0.25, 0.3) is 0 Å². The second kappa shape index (κ2) is 5.99. The molecule has 0 aromatic carbocycles. The zero-order chi connectivity index (χ0) is 10.3. The van der Waals surface area contributed by atoms with Gasteiger partial charge in [-0.1, -0.05) is 6.92 Å². The Morgan fingerprint density at radius 2 is 1.69 bits per heavy atom. The van der Waals surface area contributed by atoms with Gasteiger partial charge in [0, 0.05) is 6.42 Å². The molecule has 0 aliphatic rings. The van der Waals surface area contributed by atoms with Gasteiger partial charge in [0.1, 0.15) is 6.42 Å². The second-order valence-corrected chi connectivity index (χ2v) is 2.30. The van der Waals surface area contributed by atoms with Crippen molar-refractivity contribution in [2.24, 2.45) is 0 Å². The second-order valence-electron chi connectivity index (χ2n) is 2.30. The molecule has 0 heterocycles. The smallest absolute Gasteiger partial charge is 0.312 e. The molecule has 0 aliphatic heterocycles. The number of hydrogen-bond donors (Lipinski definition) is 3. The lowest BCUT2D eigenvalue weighted by Crippen LogP contribution is -2.37. The third-order valence-electron chi connectivity index (χ3n) is 1.20. The van der Waals surface area contributed by atoms with Crippen molar-refractivity contribution in [2.75, 3.05) is 6.67 Å². The van der Waals surface area contributed by atoms with Crippen LogP contribution >= 0.6 is 0 Å². The largest absolute Gasteiger partial charge is 0.481 e. The van der Waals surface area contributed by atoms with Crippen LogP contribution in [0.2, 0.25) is 0 Å². The molecule has 2 amide bonds. The first-order valence-electron chi connectivity index (χ1n) is 3.81. The Kier molecular flexibility index (Phi) is 5.25. The Morgan fingerprint density at radius 1 is 1.15 bits per heavy atom. The van der Waals surface area contributed by atoms with Gasteiger partial charge < -0.3 is 15.7 Å². The van der Waals surface area contributed by atoms with Gasteiger partial charge in [-0.3, -0.25) is 14.4 Å². The molecule has 3 N–H and O–H groups in total. The van der Waals surface area contributed by atoms with Crippen molar-refractivity contribution in [1.29, 1.82) is 0 Å². The van der Waals surface area contributed by atoms with Gasteiger partial charge in [-0.15, -0.1) is 0 Å². The van der Waals surface area contributed by atoms with Crippen LogP contribution in [0.3, 0.4) is 0 Å². The van der Waals surface area contributed by atoms with Crippen molar-refractivity contribution in [1.82, 2.24) is 10.6 Å². The SMILES string of the molecule is CCC(=O)NCNC(=O)CC(=O)O. The highest BCUT2D eigenvalue weighted by atomic mass is 16.4. The number of carbonyl (C=O) groups is 3. The molecule has 0 rings (SSSR count). The van der Waals surface area contributed by atoms with Gasteiger partial charge in [-0.05, 0) is 0 Å². The molecule has 0 atom stereocenters. The maximum atomic E-state index is 10.7. The highest BCUT2D eigenvalue weighted by molar-refractivity contribution is 5.93. The summed E-state index contributed by atoms with van der Waals surface area (Å²) in [6, 6.07) is 0. The topological polar surface area (TPSA) is 95.5 Å². The van der Waals surface area contributed by atoms with Crippen LogP contribution in [0.5, 0.6) is 0 Å². The van der Waals surface area contributed by atoms with E-state index >= 15 is 0 Å². The Morgan fingerprint density at radius 3 is 2.15 bits per heavy atom. The molecule has 6 nitrogen and oxygen atoms in total. The summed E-state index contributed by atoms with van der Waals surface area (Å²) >= 11 is 0. The molecule has 0 aliphatic carbocycles. The molecule has 74 valence electrons. The lowest BCUT2D eigenvalue weighted by molar-refractivity contribution is -0.140. The summed E-state index contributed by atoms with van der Waals surface area (Å²) in [5.74, 6) is -2.01. The third kappa shape index (κ3) is 6.79. The number of aliphatic carboxylic acids is 1. The molecular weight excluding hydrogens is 176 g/mol. The first-order chi connectivity index (χ1) is 6.06. The fourth-order valence-corrected chi connectivity index (χ4v) is 0.566. The number of carboxylic acid groups (broad SMARTS) is 1. The van der Waals surface area contributed by atoms with E-state index in [-0.39, 0.29) is 12.6 Å². The average Bonchev–Trinajstić information content (AvgIpc) is 2.02. The Bertz CT molecular complexity index is 215. The molecule has 0 saturated carbocycles. The highest BCUT2D eigenvalue weighted by Crippen LogP contribution is 1.78. The van der Waals surface area contributed by atoms with Crippen molar-refractivity contribution >= 4 is 17.8 Å². The summed E-state index contributed by atoms with van der Waals surface area (Å²) in [4.78, 5) is 31.3. The Hall–Kier alpha value is -1.59. The van der Waals surface area contributed by atoms with Crippen molar-refractivity contribution in [2.45, 2.75) is 19.8 Å². The van der Waals surface area contributed by atoms with Gasteiger partial charge >= 0.3 is 5.97 Å². The van der Waals surface area contributed by atoms with Crippen LogP contribution in [0.15, 0.2) is 0 Å². The zero-order valence-corrected chi connectivity index (χ0v) is 7.29. The van der Waals surface area contributed by atoms with Gasteiger partial charge in [0.15, 0.2) is 0 Å². The van der Waals surface area contributed by atoms with E-state index in [2.05, 4.69) is 10.6 Å². The standard InChI is InChI=1S/C7H12N2O4/c1-2-5(10)8-4-9-6(11)3-7(12)13/h2-4H2,1H3,(H,8,10)(H,9,11)(H,12,13). The van der Waals surface area contributed by atoms with Crippen molar-refractivity contribution in [3.8, 4) is 0 Å². The summed E-state index contributed by atoms with van der Waals surface area (Å²) in [7, 11) is 0. The van der Waals surface area contributed by atoms with Gasteiger partial charge in [-0.2, -0.15) is 0 Å². The van der Waals surface area contributed by atoms with E-state index in [1.54, 1.807) is 6.92 Å². The van der Waals surface area contributed by atoms with Gasteiger partial charge in [-0.25, -0.2) is 0 Å². The molecule has 0 spiro atoms. The molecular formula is C7H12N2O4. The van der Waals surface area contributed by atoms with Gasteiger partial charge in [0.05, 0.1) is 6.67 Å². The van der Waals surface area contributed by atoms with E-state index in [1.165, 1.54) is 0 Å². The monoisotopic (exact) mass is 188 g/mol. The minimum absolute atomic E-state index is 0.0290. The normalized spacial score (nSPS) is 9.00. The molecule has 0 saturated heterocycles. The fourth-order valence-electron chi connectivity index (χ4n) is 0.566. The number of rotatable bonds is 5. The molecule has 0 bridgehead atoms. The first kappa shape index (κ1) is 11.4. The molecule has 0 unspecified atom stereocenters. The minimum Gasteiger partial charge on any atom is -0.481 e. The predicted octanol–water partition coefficient (Wildman–Crippen LogP) is -0.939. The van der Waals surface area contributed by atoms with Crippen LogP contribution in [0.1, 0.15) is 19.8 Å². The molecule has 0 aromatic rings. The van der Waals surface area contributed by atoms with Crippen LogP contribution in [-0.2, 0) is 14.4 Å². The molecule has 0 radical (unpaired) electrons. The highest BCUT2D eigenvalue weighted by Gasteiger charge is 2.06. The van der Waals surface area contributed by atoms with Crippen molar-refractivity contribution < 1.29 is 19.5 Å². The number of amides is 2. The summed E-state index contributed by atoms with van der Waals surface area (Å²) < 4.78 is 0. The lowest BCUT2D eigenvalue weighted by Gasteiger charge is -2.04. The summed E-state index contributed by atoms with van der Waals surface area (Å²) in [6.07, 6.45) is -0.253. The Labute approximate surface area is 75.3 Å². The van der Waals surface area contributed by atoms with E-state index < -0.39 is 18.3 Å². The van der Waals surface area contributed by atoms with E-state index in [9.17, 15) is 14.4 Å². The average molecular weight is 188 g/mol. The van der Waals surface area contributed by atoms with Crippen molar-refractivity contribution in [3.05, 3.63) is 0 Å². The number of carboxylic acids is 1. The molecule has 6 heteroatoms. The third-order valence-corrected chi connectivity index (χ3v) is 1.20. The fraction of sp³-hybridized carbons (Fsp3) is 0.571. The Balaban J connectivity index is 3.48. The maximum Gasteiger partial charge on any atom is 0.312 e. The quantitative estimate of drug-likeness (QED) is 0.383. The lowest BCUT2D eigenvalue weighted by atomic mass is 10.4. The number of hydrogen-bond acceptors (Lipinski definition) is 3. The number of carbonyl (C=O) groups excluding carboxylic acids is 2. The minimum atomic E-state index is -1.20. The van der Waals surface area contributed by atoms with Crippen LogP contribution in [0.4, 0.5) is 0 Å². The van der Waals surface area contributed by atoms with Crippen LogP contribution < -0.4 is 10.6 Å². The van der Waals surface area contributed by atoms with Crippen LogP contribution in [0, 0.1) is 0 Å². The first-order valence-corrected chi connectivity index (χ1v) is 3.81. The van der Waals surface area contributed by atoms with E-state index in [0.29, 0.717) is 6.42 Å². The zero-order valence-electron chi connectivity index (χ0n) is 7.29. The van der Waals surface area contributed by atoms with E-state index in [4.69, 9.17) is 5.11 Å². The van der Waals surface area contributed by atoms with Crippen molar-refractivity contribution in [3.63, 3.8) is 0 Å². The maximum absolute atomic E-state index is 10.7. The van der Waals surface area contributed by atoms with Crippen LogP contribution in [-0.4, -0.2) is 29.6 Å². The summed E-state index contributed by atoms with van der Waals surface area (Å²) in [5, 5.41) is 12.8. The van der Waals surface area contributed by atoms with Gasteiger partial charge in [0.2, 0.25) is 11.8 Å². The number of nitrogens with one attached hydrogen (secondary N) is 2. The molecule has 13 heavy (non-hydrogen) atoms.